The van der Waals surface area contributed by atoms with E-state index in [4.69, 9.17) is 26.5 Å². The van der Waals surface area contributed by atoms with Crippen molar-refractivity contribution in [1.82, 2.24) is 0 Å². The first-order valence-corrected chi connectivity index (χ1v) is 9.45. The van der Waals surface area contributed by atoms with E-state index in [1.807, 2.05) is 6.07 Å². The molecule has 1 atom stereocenters. The summed E-state index contributed by atoms with van der Waals surface area (Å²) >= 11 is 5.98. The lowest BCUT2D eigenvalue weighted by Crippen LogP contribution is -2.21. The Morgan fingerprint density at radius 2 is 2.00 bits per heavy atom. The highest BCUT2D eigenvalue weighted by molar-refractivity contribution is 6.33. The first-order chi connectivity index (χ1) is 15.2. The normalized spacial score (nSPS) is 16.0. The van der Waals surface area contributed by atoms with Crippen molar-refractivity contribution in [1.29, 1.82) is 5.26 Å². The molecule has 4 rings (SSSR count). The predicted molar refractivity (Wildman–Crippen MR) is 110 cm³/mol. The lowest BCUT2D eigenvalue weighted by molar-refractivity contribution is -0.137. The van der Waals surface area contributed by atoms with Gasteiger partial charge in [-0.1, -0.05) is 11.6 Å². The summed E-state index contributed by atoms with van der Waals surface area (Å²) in [5.41, 5.74) is 5.57. The Morgan fingerprint density at radius 3 is 2.66 bits per heavy atom. The number of rotatable bonds is 3. The van der Waals surface area contributed by atoms with Gasteiger partial charge in [-0.3, -0.25) is 4.99 Å². The number of hydrogen-bond donors (Lipinski definition) is 2. The van der Waals surface area contributed by atoms with Gasteiger partial charge in [-0.05, 0) is 36.4 Å². The number of aliphatic imine (C=N–C) groups is 1. The summed E-state index contributed by atoms with van der Waals surface area (Å²) in [6.45, 7) is 0. The fourth-order valence-corrected chi connectivity index (χ4v) is 3.46. The van der Waals surface area contributed by atoms with E-state index in [0.717, 1.165) is 18.2 Å². The van der Waals surface area contributed by atoms with Gasteiger partial charge in [0.05, 0.1) is 28.5 Å². The van der Waals surface area contributed by atoms with Gasteiger partial charge in [0.15, 0.2) is 0 Å². The zero-order valence-corrected chi connectivity index (χ0v) is 16.8. The second kappa shape index (κ2) is 7.98. The Morgan fingerprint density at radius 1 is 1.22 bits per heavy atom. The van der Waals surface area contributed by atoms with Crippen LogP contribution in [0, 0.1) is 11.3 Å². The minimum Gasteiger partial charge on any atom is -0.507 e. The number of aromatic hydroxyl groups is 1. The summed E-state index contributed by atoms with van der Waals surface area (Å²) in [4.78, 5) is 4.02. The van der Waals surface area contributed by atoms with Gasteiger partial charge >= 0.3 is 6.18 Å². The SMILES string of the molecule is N#CC1=C(N)Oc2cc(O)c(C=Nc3cc(C(F)(F)F)ccc3Cl)cc2C1c1ccco1. The van der Waals surface area contributed by atoms with Gasteiger partial charge in [-0.15, -0.1) is 0 Å². The van der Waals surface area contributed by atoms with Gasteiger partial charge in [0.2, 0.25) is 5.88 Å². The minimum atomic E-state index is -4.56. The molecule has 6 nitrogen and oxygen atoms in total. The molecule has 0 amide bonds. The molecule has 0 aliphatic carbocycles. The van der Waals surface area contributed by atoms with Gasteiger partial charge in [0.25, 0.3) is 0 Å². The van der Waals surface area contributed by atoms with Crippen LogP contribution in [0.15, 0.2) is 69.6 Å². The number of halogens is 4. The van der Waals surface area contributed by atoms with Crippen LogP contribution >= 0.6 is 11.6 Å². The van der Waals surface area contributed by atoms with E-state index >= 15 is 0 Å². The fraction of sp³-hybridized carbons (Fsp3) is 0.0909. The highest BCUT2D eigenvalue weighted by atomic mass is 35.5. The molecule has 0 radical (unpaired) electrons. The molecular weight excluding hydrogens is 447 g/mol. The Bertz CT molecular complexity index is 1290. The van der Waals surface area contributed by atoms with E-state index in [1.54, 1.807) is 12.1 Å². The number of hydrogen-bond acceptors (Lipinski definition) is 6. The second-order valence-corrected chi connectivity index (χ2v) is 7.22. The third kappa shape index (κ3) is 3.88. The van der Waals surface area contributed by atoms with E-state index in [1.165, 1.54) is 24.6 Å². The Balaban J connectivity index is 1.79. The maximum Gasteiger partial charge on any atom is 0.416 e. The standard InChI is InChI=1S/C22H13ClF3N3O3/c23-15-4-3-12(22(24,25)26)7-16(15)29-10-11-6-13-19(8-17(11)30)32-21(28)14(9-27)20(13)18-2-1-5-31-18/h1-8,10,20,30H,28H2. The molecule has 162 valence electrons. The van der Waals surface area contributed by atoms with Crippen molar-refractivity contribution >= 4 is 23.5 Å². The first-order valence-electron chi connectivity index (χ1n) is 9.07. The molecule has 0 fully saturated rings. The first kappa shape index (κ1) is 21.3. The van der Waals surface area contributed by atoms with Crippen LogP contribution < -0.4 is 10.5 Å². The molecule has 0 saturated heterocycles. The summed E-state index contributed by atoms with van der Waals surface area (Å²) in [6.07, 6.45) is -1.95. The molecule has 10 heteroatoms. The number of ether oxygens (including phenoxy) is 1. The topological polar surface area (TPSA) is 105 Å². The van der Waals surface area contributed by atoms with Crippen molar-refractivity contribution in [2.45, 2.75) is 12.1 Å². The highest BCUT2D eigenvalue weighted by Crippen LogP contribution is 2.44. The zero-order valence-electron chi connectivity index (χ0n) is 16.0. The van der Waals surface area contributed by atoms with Crippen LogP contribution in [0.5, 0.6) is 11.5 Å². The van der Waals surface area contributed by atoms with E-state index in [9.17, 15) is 23.5 Å². The zero-order chi connectivity index (χ0) is 23.0. The van der Waals surface area contributed by atoms with Crippen LogP contribution in [-0.4, -0.2) is 11.3 Å². The fourth-order valence-electron chi connectivity index (χ4n) is 3.29. The quantitative estimate of drug-likeness (QED) is 0.494. The number of alkyl halides is 3. The Hall–Kier alpha value is -3.90. The Kier molecular flexibility index (Phi) is 5.32. The molecular formula is C22H13ClF3N3O3. The number of furan rings is 1. The molecule has 3 N–H and O–H groups in total. The van der Waals surface area contributed by atoms with Crippen LogP contribution in [0.2, 0.25) is 5.02 Å². The maximum atomic E-state index is 13.0. The van der Waals surface area contributed by atoms with Crippen LogP contribution in [0.25, 0.3) is 0 Å². The lowest BCUT2D eigenvalue weighted by Gasteiger charge is -2.25. The van der Waals surface area contributed by atoms with Crippen molar-refractivity contribution in [3.05, 3.63) is 87.7 Å². The van der Waals surface area contributed by atoms with E-state index in [-0.39, 0.29) is 39.2 Å². The van der Waals surface area contributed by atoms with Gasteiger partial charge in [0.1, 0.15) is 28.9 Å². The van der Waals surface area contributed by atoms with Gasteiger partial charge in [-0.25, -0.2) is 0 Å². The second-order valence-electron chi connectivity index (χ2n) is 6.81. The maximum absolute atomic E-state index is 13.0. The molecule has 1 aromatic heterocycles. The number of phenols is 1. The molecule has 32 heavy (non-hydrogen) atoms. The van der Waals surface area contributed by atoms with Gasteiger partial charge in [-0.2, -0.15) is 18.4 Å². The third-order valence-electron chi connectivity index (χ3n) is 4.81. The number of nitriles is 1. The van der Waals surface area contributed by atoms with Crippen LogP contribution in [0.4, 0.5) is 18.9 Å². The van der Waals surface area contributed by atoms with Crippen molar-refractivity contribution in [3.8, 4) is 17.6 Å². The number of phenolic OH excluding ortho intramolecular Hbond substituents is 1. The van der Waals surface area contributed by atoms with Crippen LogP contribution in [0.3, 0.4) is 0 Å². The van der Waals surface area contributed by atoms with Crippen LogP contribution in [0.1, 0.15) is 28.4 Å². The summed E-state index contributed by atoms with van der Waals surface area (Å²) in [5, 5.41) is 20.0. The molecule has 0 saturated carbocycles. The number of benzene rings is 2. The molecule has 1 aliphatic heterocycles. The van der Waals surface area contributed by atoms with E-state index in [0.29, 0.717) is 11.3 Å². The predicted octanol–water partition coefficient (Wildman–Crippen LogP) is 5.63. The summed E-state index contributed by atoms with van der Waals surface area (Å²) in [6, 6.07) is 10.8. The van der Waals surface area contributed by atoms with Gasteiger partial charge < -0.3 is 20.0 Å². The molecule has 1 unspecified atom stereocenters. The van der Waals surface area contributed by atoms with Crippen molar-refractivity contribution < 1.29 is 27.4 Å². The molecule has 0 bridgehead atoms. The van der Waals surface area contributed by atoms with Crippen molar-refractivity contribution in [2.24, 2.45) is 10.7 Å². The molecule has 0 spiro atoms. The molecule has 2 heterocycles. The number of allylic oxidation sites excluding steroid dienone is 1. The van der Waals surface area contributed by atoms with Crippen molar-refractivity contribution in [3.63, 3.8) is 0 Å². The number of nitrogens with two attached hydrogens (primary N) is 1. The monoisotopic (exact) mass is 459 g/mol. The van der Waals surface area contributed by atoms with E-state index in [2.05, 4.69) is 4.99 Å². The van der Waals surface area contributed by atoms with Crippen LogP contribution in [-0.2, 0) is 6.18 Å². The summed E-state index contributed by atoms with van der Waals surface area (Å²) in [7, 11) is 0. The highest BCUT2D eigenvalue weighted by Gasteiger charge is 2.33. The average Bonchev–Trinajstić information content (AvgIpc) is 3.26. The van der Waals surface area contributed by atoms with Gasteiger partial charge in [0, 0.05) is 23.4 Å². The van der Waals surface area contributed by atoms with E-state index < -0.39 is 17.7 Å². The lowest BCUT2D eigenvalue weighted by atomic mass is 9.86. The molecule has 1 aliphatic rings. The minimum absolute atomic E-state index is 0.00553. The average molecular weight is 460 g/mol. The molecule has 3 aromatic rings. The third-order valence-corrected chi connectivity index (χ3v) is 5.13. The number of nitrogens with zero attached hydrogens (tertiary/aromatic N) is 2. The Labute approximate surface area is 184 Å². The molecule has 2 aromatic carbocycles. The number of fused-ring (bicyclic) bond motifs is 1. The summed E-state index contributed by atoms with van der Waals surface area (Å²) in [5.74, 6) is -0.471. The smallest absolute Gasteiger partial charge is 0.416 e. The van der Waals surface area contributed by atoms with Crippen molar-refractivity contribution in [2.75, 3.05) is 0 Å². The largest absolute Gasteiger partial charge is 0.507 e. The summed E-state index contributed by atoms with van der Waals surface area (Å²) < 4.78 is 49.9.